The summed E-state index contributed by atoms with van der Waals surface area (Å²) in [5.41, 5.74) is 0.646. The minimum Gasteiger partial charge on any atom is -0.465 e. The Morgan fingerprint density at radius 2 is 2.31 bits per heavy atom. The first-order valence-corrected chi connectivity index (χ1v) is 6.02. The number of benzene rings is 1. The first-order chi connectivity index (χ1) is 7.54. The molecule has 1 rings (SSSR count). The molecule has 1 atom stereocenters. The molecule has 0 heterocycles. The molecule has 0 aliphatic heterocycles. The van der Waals surface area contributed by atoms with Gasteiger partial charge in [-0.05, 0) is 30.7 Å². The molecule has 0 fully saturated rings. The Morgan fingerprint density at radius 1 is 1.62 bits per heavy atom. The van der Waals surface area contributed by atoms with Gasteiger partial charge in [-0.2, -0.15) is 0 Å². The Balaban J connectivity index is 2.72. The highest BCUT2D eigenvalue weighted by Crippen LogP contribution is 2.21. The fourth-order valence-corrected chi connectivity index (χ4v) is 1.85. The second-order valence-corrected chi connectivity index (χ2v) is 4.54. The molecule has 2 nitrogen and oxygen atoms in total. The van der Waals surface area contributed by atoms with Crippen LogP contribution in [0.2, 0.25) is 0 Å². The zero-order valence-corrected chi connectivity index (χ0v) is 11.0. The highest BCUT2D eigenvalue weighted by atomic mass is 79.9. The summed E-state index contributed by atoms with van der Waals surface area (Å²) in [4.78, 5) is 11.3. The van der Waals surface area contributed by atoms with Crippen LogP contribution in [-0.4, -0.2) is 18.0 Å². The van der Waals surface area contributed by atoms with Gasteiger partial charge in [-0.15, -0.1) is 11.6 Å². The number of rotatable bonds is 4. The van der Waals surface area contributed by atoms with Crippen LogP contribution in [0.3, 0.4) is 0 Å². The van der Waals surface area contributed by atoms with Crippen LogP contribution in [0.25, 0.3) is 0 Å². The third kappa shape index (κ3) is 3.76. The molecule has 0 saturated carbocycles. The molecule has 0 aliphatic carbocycles. The zero-order valence-electron chi connectivity index (χ0n) is 8.67. The summed E-state index contributed by atoms with van der Waals surface area (Å²) in [6.45, 7) is 1.99. The molecule has 0 bridgehead atoms. The van der Waals surface area contributed by atoms with E-state index < -0.39 is 11.3 Å². The summed E-state index contributed by atoms with van der Waals surface area (Å²) in [5, 5.41) is -0.793. The topological polar surface area (TPSA) is 26.3 Å². The zero-order chi connectivity index (χ0) is 12.1. The van der Waals surface area contributed by atoms with Gasteiger partial charge in [0.05, 0.1) is 6.61 Å². The van der Waals surface area contributed by atoms with Crippen molar-refractivity contribution in [3.8, 4) is 0 Å². The van der Waals surface area contributed by atoms with Gasteiger partial charge < -0.3 is 4.74 Å². The molecule has 1 aromatic carbocycles. The number of alkyl halides is 1. The van der Waals surface area contributed by atoms with E-state index in [4.69, 9.17) is 16.3 Å². The molecule has 0 amide bonds. The van der Waals surface area contributed by atoms with E-state index in [-0.39, 0.29) is 18.8 Å². The molecule has 0 aliphatic rings. The van der Waals surface area contributed by atoms with E-state index in [1.165, 1.54) is 12.1 Å². The molecule has 0 aromatic heterocycles. The molecule has 16 heavy (non-hydrogen) atoms. The third-order valence-electron chi connectivity index (χ3n) is 1.95. The van der Waals surface area contributed by atoms with E-state index in [9.17, 15) is 9.18 Å². The van der Waals surface area contributed by atoms with Crippen molar-refractivity contribution in [1.29, 1.82) is 0 Å². The van der Waals surface area contributed by atoms with Crippen molar-refractivity contribution in [2.24, 2.45) is 0 Å². The molecule has 1 unspecified atom stereocenters. The van der Waals surface area contributed by atoms with Crippen LogP contribution in [0, 0.1) is 5.82 Å². The average molecular weight is 310 g/mol. The lowest BCUT2D eigenvalue weighted by atomic mass is 10.1. The van der Waals surface area contributed by atoms with E-state index in [1.54, 1.807) is 13.0 Å². The van der Waals surface area contributed by atoms with Crippen molar-refractivity contribution in [2.45, 2.75) is 18.7 Å². The number of hydrogen-bond acceptors (Lipinski definition) is 2. The lowest BCUT2D eigenvalue weighted by Crippen LogP contribution is -2.20. The molecule has 0 saturated heterocycles. The Labute approximate surface area is 107 Å². The third-order valence-corrected chi connectivity index (χ3v) is 3.06. The van der Waals surface area contributed by atoms with Crippen molar-refractivity contribution < 1.29 is 13.9 Å². The first-order valence-electron chi connectivity index (χ1n) is 4.79. The molecule has 88 valence electrons. The SMILES string of the molecule is CCOC(=O)C(Cl)Cc1cc(F)ccc1Br. The van der Waals surface area contributed by atoms with Gasteiger partial charge in [0.25, 0.3) is 0 Å². The van der Waals surface area contributed by atoms with Gasteiger partial charge in [0.15, 0.2) is 0 Å². The van der Waals surface area contributed by atoms with Crippen molar-refractivity contribution in [3.05, 3.63) is 34.1 Å². The lowest BCUT2D eigenvalue weighted by Gasteiger charge is -2.10. The number of carbonyl (C=O) groups excluding carboxylic acids is 1. The van der Waals surface area contributed by atoms with E-state index >= 15 is 0 Å². The summed E-state index contributed by atoms with van der Waals surface area (Å²) < 4.78 is 18.5. The molecular formula is C11H11BrClFO2. The molecule has 0 spiro atoms. The molecule has 5 heteroatoms. The smallest absolute Gasteiger partial charge is 0.324 e. The van der Waals surface area contributed by atoms with E-state index in [0.29, 0.717) is 5.56 Å². The second-order valence-electron chi connectivity index (χ2n) is 3.16. The number of ether oxygens (including phenoxy) is 1. The number of halogens is 3. The van der Waals surface area contributed by atoms with Gasteiger partial charge >= 0.3 is 5.97 Å². The van der Waals surface area contributed by atoms with Gasteiger partial charge in [-0.25, -0.2) is 4.39 Å². The molecule has 0 N–H and O–H groups in total. The van der Waals surface area contributed by atoms with E-state index in [0.717, 1.165) is 4.47 Å². The van der Waals surface area contributed by atoms with Crippen molar-refractivity contribution in [1.82, 2.24) is 0 Å². The Bertz CT molecular complexity index is 384. The summed E-state index contributed by atoms with van der Waals surface area (Å²) >= 11 is 9.12. The summed E-state index contributed by atoms with van der Waals surface area (Å²) in [6, 6.07) is 4.26. The van der Waals surface area contributed by atoms with Gasteiger partial charge in [0.1, 0.15) is 11.2 Å². The van der Waals surface area contributed by atoms with Gasteiger partial charge in [-0.3, -0.25) is 4.79 Å². The maximum Gasteiger partial charge on any atom is 0.324 e. The lowest BCUT2D eigenvalue weighted by molar-refractivity contribution is -0.142. The predicted molar refractivity (Wildman–Crippen MR) is 64.1 cm³/mol. The average Bonchev–Trinajstić information content (AvgIpc) is 2.23. The highest BCUT2D eigenvalue weighted by Gasteiger charge is 2.18. The summed E-state index contributed by atoms with van der Waals surface area (Å²) in [6.07, 6.45) is 0.235. The molecular weight excluding hydrogens is 298 g/mol. The van der Waals surface area contributed by atoms with Crippen molar-refractivity contribution in [2.75, 3.05) is 6.61 Å². The number of esters is 1. The molecule has 0 radical (unpaired) electrons. The maximum absolute atomic E-state index is 13.0. The minimum absolute atomic E-state index is 0.235. The van der Waals surface area contributed by atoms with Crippen LogP contribution in [0.1, 0.15) is 12.5 Å². The normalized spacial score (nSPS) is 12.2. The maximum atomic E-state index is 13.0. The van der Waals surface area contributed by atoms with Gasteiger partial charge in [-0.1, -0.05) is 15.9 Å². The van der Waals surface area contributed by atoms with E-state index in [1.807, 2.05) is 0 Å². The fraction of sp³-hybridized carbons (Fsp3) is 0.364. The van der Waals surface area contributed by atoms with Crippen molar-refractivity contribution in [3.63, 3.8) is 0 Å². The van der Waals surface area contributed by atoms with Crippen LogP contribution in [-0.2, 0) is 16.0 Å². The minimum atomic E-state index is -0.793. The second kappa shape index (κ2) is 6.21. The van der Waals surface area contributed by atoms with Crippen LogP contribution in [0.5, 0.6) is 0 Å². The largest absolute Gasteiger partial charge is 0.465 e. The Morgan fingerprint density at radius 3 is 2.94 bits per heavy atom. The quantitative estimate of drug-likeness (QED) is 0.630. The fourth-order valence-electron chi connectivity index (χ4n) is 1.21. The highest BCUT2D eigenvalue weighted by molar-refractivity contribution is 9.10. The predicted octanol–water partition coefficient (Wildman–Crippen LogP) is 3.30. The monoisotopic (exact) mass is 308 g/mol. The standard InChI is InChI=1S/C11H11BrClFO2/c1-2-16-11(15)10(13)6-7-5-8(14)3-4-9(7)12/h3-5,10H,2,6H2,1H3. The van der Waals surface area contributed by atoms with Crippen LogP contribution in [0.15, 0.2) is 22.7 Å². The first kappa shape index (κ1) is 13.5. The van der Waals surface area contributed by atoms with Crippen LogP contribution >= 0.6 is 27.5 Å². The molecule has 1 aromatic rings. The van der Waals surface area contributed by atoms with E-state index in [2.05, 4.69) is 15.9 Å². The Hall–Kier alpha value is -0.610. The van der Waals surface area contributed by atoms with Crippen LogP contribution in [0.4, 0.5) is 4.39 Å². The summed E-state index contributed by atoms with van der Waals surface area (Å²) in [7, 11) is 0. The summed E-state index contributed by atoms with van der Waals surface area (Å²) in [5.74, 6) is -0.841. The number of carbonyl (C=O) groups is 1. The van der Waals surface area contributed by atoms with Gasteiger partial charge in [0, 0.05) is 10.9 Å². The van der Waals surface area contributed by atoms with Gasteiger partial charge in [0.2, 0.25) is 0 Å². The number of hydrogen-bond donors (Lipinski definition) is 0. The van der Waals surface area contributed by atoms with Crippen LogP contribution < -0.4 is 0 Å². The Kier molecular flexibility index (Phi) is 5.22. The van der Waals surface area contributed by atoms with Crippen molar-refractivity contribution >= 4 is 33.5 Å².